The van der Waals surface area contributed by atoms with Gasteiger partial charge in [-0.25, -0.2) is 14.6 Å². The summed E-state index contributed by atoms with van der Waals surface area (Å²) in [6.07, 6.45) is 1.72. The van der Waals surface area contributed by atoms with Crippen LogP contribution in [-0.4, -0.2) is 25.0 Å². The highest BCUT2D eigenvalue weighted by Gasteiger charge is 2.19. The molecule has 0 aliphatic rings. The summed E-state index contributed by atoms with van der Waals surface area (Å²) in [5, 5.41) is 8.99. The van der Waals surface area contributed by atoms with Crippen molar-refractivity contribution in [1.82, 2.24) is 25.0 Å². The van der Waals surface area contributed by atoms with Gasteiger partial charge in [-0.2, -0.15) is 0 Å². The van der Waals surface area contributed by atoms with Gasteiger partial charge in [0, 0.05) is 10.4 Å². The predicted octanol–water partition coefficient (Wildman–Crippen LogP) is 3.22. The molecule has 0 saturated heterocycles. The van der Waals surface area contributed by atoms with Crippen molar-refractivity contribution in [1.29, 1.82) is 0 Å². The molecule has 0 spiro atoms. The van der Waals surface area contributed by atoms with Crippen LogP contribution in [0.4, 0.5) is 0 Å². The molecule has 0 N–H and O–H groups in total. The predicted molar refractivity (Wildman–Crippen MR) is 82.4 cm³/mol. The maximum atomic E-state index is 6.20. The Kier molecular flexibility index (Phi) is 3.37. The van der Waals surface area contributed by atoms with Crippen LogP contribution in [0.5, 0.6) is 0 Å². The quantitative estimate of drug-likeness (QED) is 0.729. The van der Waals surface area contributed by atoms with Crippen LogP contribution in [0.15, 0.2) is 30.5 Å². The Morgan fingerprint density at radius 3 is 2.67 bits per heavy atom. The van der Waals surface area contributed by atoms with E-state index < -0.39 is 0 Å². The summed E-state index contributed by atoms with van der Waals surface area (Å²) in [7, 11) is 0. The number of hydrogen-bond acceptors (Lipinski definition) is 4. The monoisotopic (exact) mass is 301 g/mol. The number of nitrogens with zero attached hydrogens (tertiary/aromatic N) is 5. The second-order valence-corrected chi connectivity index (χ2v) is 6.40. The van der Waals surface area contributed by atoms with E-state index in [0.29, 0.717) is 17.1 Å². The first-order chi connectivity index (χ1) is 9.95. The van der Waals surface area contributed by atoms with Crippen molar-refractivity contribution >= 4 is 22.8 Å². The average molecular weight is 302 g/mol. The highest BCUT2D eigenvalue weighted by Crippen LogP contribution is 2.21. The molecular formula is C15H16ClN5. The van der Waals surface area contributed by atoms with Crippen LogP contribution in [0.3, 0.4) is 0 Å². The minimum absolute atomic E-state index is 0.117. The molecule has 0 fully saturated rings. The zero-order valence-corrected chi connectivity index (χ0v) is 13.0. The van der Waals surface area contributed by atoms with Gasteiger partial charge in [0.05, 0.1) is 12.7 Å². The molecule has 0 bridgehead atoms. The van der Waals surface area contributed by atoms with Crippen molar-refractivity contribution in [2.45, 2.75) is 32.7 Å². The van der Waals surface area contributed by atoms with Crippen LogP contribution >= 0.6 is 11.6 Å². The SMILES string of the molecule is CC(C)(C)c1ncc2nnn(Cc3ccccc3Cl)c2n1. The molecule has 0 aliphatic carbocycles. The number of benzene rings is 1. The molecular weight excluding hydrogens is 286 g/mol. The fourth-order valence-corrected chi connectivity index (χ4v) is 2.22. The number of hydrogen-bond donors (Lipinski definition) is 0. The Labute approximate surface area is 128 Å². The third-order valence-corrected chi connectivity index (χ3v) is 3.57. The van der Waals surface area contributed by atoms with Gasteiger partial charge in [0.1, 0.15) is 5.82 Å². The lowest BCUT2D eigenvalue weighted by atomic mass is 9.96. The van der Waals surface area contributed by atoms with E-state index in [9.17, 15) is 0 Å². The molecule has 0 atom stereocenters. The number of aromatic nitrogens is 5. The molecule has 2 aromatic heterocycles. The lowest BCUT2D eigenvalue weighted by molar-refractivity contribution is 0.545. The largest absolute Gasteiger partial charge is 0.238 e. The average Bonchev–Trinajstić information content (AvgIpc) is 2.83. The van der Waals surface area contributed by atoms with E-state index in [1.165, 1.54) is 0 Å². The molecule has 5 nitrogen and oxygen atoms in total. The molecule has 6 heteroatoms. The smallest absolute Gasteiger partial charge is 0.182 e. The molecule has 0 aliphatic heterocycles. The Balaban J connectivity index is 2.05. The second kappa shape index (κ2) is 5.07. The Bertz CT molecular complexity index is 788. The molecule has 21 heavy (non-hydrogen) atoms. The van der Waals surface area contributed by atoms with Crippen molar-refractivity contribution in [3.05, 3.63) is 46.9 Å². The normalized spacial score (nSPS) is 12.0. The number of rotatable bonds is 2. The summed E-state index contributed by atoms with van der Waals surface area (Å²) in [4.78, 5) is 8.98. The Morgan fingerprint density at radius 1 is 1.19 bits per heavy atom. The van der Waals surface area contributed by atoms with Gasteiger partial charge in [0.25, 0.3) is 0 Å². The maximum Gasteiger partial charge on any atom is 0.182 e. The summed E-state index contributed by atoms with van der Waals surface area (Å²) in [6, 6.07) is 7.70. The topological polar surface area (TPSA) is 56.5 Å². The van der Waals surface area contributed by atoms with E-state index in [4.69, 9.17) is 11.6 Å². The fourth-order valence-electron chi connectivity index (χ4n) is 2.03. The molecule has 0 radical (unpaired) electrons. The van der Waals surface area contributed by atoms with E-state index in [0.717, 1.165) is 17.0 Å². The summed E-state index contributed by atoms with van der Waals surface area (Å²) in [5.41, 5.74) is 2.29. The summed E-state index contributed by atoms with van der Waals surface area (Å²) in [5.74, 6) is 0.776. The standard InChI is InChI=1S/C15H16ClN5/c1-15(2,3)14-17-8-12-13(18-14)21(20-19-12)9-10-6-4-5-7-11(10)16/h4-8H,9H2,1-3H3. The molecule has 108 valence electrons. The molecule has 3 rings (SSSR count). The summed E-state index contributed by atoms with van der Waals surface area (Å²) in [6.45, 7) is 6.78. The first-order valence-electron chi connectivity index (χ1n) is 6.75. The minimum atomic E-state index is -0.117. The highest BCUT2D eigenvalue weighted by atomic mass is 35.5. The number of halogens is 1. The van der Waals surface area contributed by atoms with Gasteiger partial charge in [0.15, 0.2) is 11.2 Å². The Morgan fingerprint density at radius 2 is 1.95 bits per heavy atom. The zero-order valence-electron chi connectivity index (χ0n) is 12.2. The van der Waals surface area contributed by atoms with Crippen molar-refractivity contribution < 1.29 is 0 Å². The van der Waals surface area contributed by atoms with Crippen molar-refractivity contribution in [3.63, 3.8) is 0 Å². The van der Waals surface area contributed by atoms with Gasteiger partial charge in [-0.05, 0) is 11.6 Å². The molecule has 0 saturated carbocycles. The van der Waals surface area contributed by atoms with Crippen molar-refractivity contribution in [3.8, 4) is 0 Å². The first-order valence-corrected chi connectivity index (χ1v) is 7.13. The van der Waals surface area contributed by atoms with Crippen LogP contribution in [0.25, 0.3) is 11.2 Å². The molecule has 3 aromatic rings. The molecule has 0 unspecified atom stereocenters. The highest BCUT2D eigenvalue weighted by molar-refractivity contribution is 6.31. The summed E-state index contributed by atoms with van der Waals surface area (Å²) < 4.78 is 1.76. The fraction of sp³-hybridized carbons (Fsp3) is 0.333. The molecule has 0 amide bonds. The van der Waals surface area contributed by atoms with Crippen LogP contribution < -0.4 is 0 Å². The van der Waals surface area contributed by atoms with Gasteiger partial charge in [-0.15, -0.1) is 5.10 Å². The van der Waals surface area contributed by atoms with E-state index in [-0.39, 0.29) is 5.41 Å². The number of fused-ring (bicyclic) bond motifs is 1. The lowest BCUT2D eigenvalue weighted by Crippen LogP contribution is -2.16. The maximum absolute atomic E-state index is 6.20. The third kappa shape index (κ3) is 2.74. The van der Waals surface area contributed by atoms with Crippen LogP contribution in [-0.2, 0) is 12.0 Å². The van der Waals surface area contributed by atoms with Gasteiger partial charge >= 0.3 is 0 Å². The lowest BCUT2D eigenvalue weighted by Gasteiger charge is -2.15. The van der Waals surface area contributed by atoms with Crippen LogP contribution in [0.2, 0.25) is 5.02 Å². The van der Waals surface area contributed by atoms with E-state index >= 15 is 0 Å². The summed E-state index contributed by atoms with van der Waals surface area (Å²) >= 11 is 6.20. The van der Waals surface area contributed by atoms with Gasteiger partial charge in [-0.1, -0.05) is 55.8 Å². The van der Waals surface area contributed by atoms with Gasteiger partial charge < -0.3 is 0 Å². The third-order valence-electron chi connectivity index (χ3n) is 3.20. The van der Waals surface area contributed by atoms with Gasteiger partial charge in [-0.3, -0.25) is 0 Å². The van der Waals surface area contributed by atoms with Gasteiger partial charge in [0.2, 0.25) is 0 Å². The zero-order chi connectivity index (χ0) is 15.0. The Hall–Kier alpha value is -2.01. The molecule has 1 aromatic carbocycles. The van der Waals surface area contributed by atoms with E-state index in [1.807, 2.05) is 24.3 Å². The van der Waals surface area contributed by atoms with Crippen molar-refractivity contribution in [2.24, 2.45) is 0 Å². The first kappa shape index (κ1) is 13.9. The minimum Gasteiger partial charge on any atom is -0.238 e. The van der Waals surface area contributed by atoms with Crippen molar-refractivity contribution in [2.75, 3.05) is 0 Å². The molecule has 2 heterocycles. The van der Waals surface area contributed by atoms with E-state index in [1.54, 1.807) is 10.9 Å². The van der Waals surface area contributed by atoms with Crippen LogP contribution in [0.1, 0.15) is 32.2 Å². The second-order valence-electron chi connectivity index (χ2n) is 5.99. The van der Waals surface area contributed by atoms with Crippen LogP contribution in [0, 0.1) is 0 Å². The van der Waals surface area contributed by atoms with E-state index in [2.05, 4.69) is 41.1 Å².